The van der Waals surface area contributed by atoms with Crippen molar-refractivity contribution >= 4 is 17.9 Å². The van der Waals surface area contributed by atoms with E-state index in [1.807, 2.05) is 0 Å². The summed E-state index contributed by atoms with van der Waals surface area (Å²) in [5.41, 5.74) is 0.194. The summed E-state index contributed by atoms with van der Waals surface area (Å²) in [6.07, 6.45) is 10.5. The van der Waals surface area contributed by atoms with Crippen LogP contribution in [0.4, 0.5) is 0 Å². The maximum absolute atomic E-state index is 12.8. The summed E-state index contributed by atoms with van der Waals surface area (Å²) < 4.78 is 29.7. The second kappa shape index (κ2) is 8.75. The monoisotopic (exact) mass is 484 g/mol. The van der Waals surface area contributed by atoms with Crippen LogP contribution in [0.1, 0.15) is 46.5 Å². The molecule has 8 heteroatoms. The summed E-state index contributed by atoms with van der Waals surface area (Å²) in [5, 5.41) is 0. The van der Waals surface area contributed by atoms with Gasteiger partial charge in [-0.15, -0.1) is 0 Å². The minimum absolute atomic E-state index is 0.125. The van der Waals surface area contributed by atoms with Crippen molar-refractivity contribution in [2.24, 2.45) is 10.8 Å². The van der Waals surface area contributed by atoms with Gasteiger partial charge in [0.15, 0.2) is 0 Å². The fourth-order valence-electron chi connectivity index (χ4n) is 6.46. The lowest BCUT2D eigenvalue weighted by Gasteiger charge is -2.58. The molecule has 6 atom stereocenters. The zero-order valence-corrected chi connectivity index (χ0v) is 20.4. The van der Waals surface area contributed by atoms with Crippen molar-refractivity contribution in [2.45, 2.75) is 70.4 Å². The highest BCUT2D eigenvalue weighted by molar-refractivity contribution is 5.85. The molecular weight excluding hydrogens is 452 g/mol. The molecule has 35 heavy (non-hydrogen) atoms. The van der Waals surface area contributed by atoms with Crippen molar-refractivity contribution < 1.29 is 38.1 Å². The van der Waals surface area contributed by atoms with Gasteiger partial charge in [-0.2, -0.15) is 0 Å². The molecule has 2 bridgehead atoms. The van der Waals surface area contributed by atoms with Gasteiger partial charge < -0.3 is 23.7 Å². The number of carbonyl (C=O) groups is 3. The topological polar surface area (TPSA) is 101 Å². The summed E-state index contributed by atoms with van der Waals surface area (Å²) in [6, 6.07) is 0. The van der Waals surface area contributed by atoms with Crippen LogP contribution in [0, 0.1) is 10.8 Å². The highest BCUT2D eigenvalue weighted by atomic mass is 16.6. The van der Waals surface area contributed by atoms with Crippen molar-refractivity contribution in [1.29, 1.82) is 0 Å². The van der Waals surface area contributed by atoms with Crippen LogP contribution >= 0.6 is 0 Å². The second-order valence-electron chi connectivity index (χ2n) is 10.5. The first-order valence-electron chi connectivity index (χ1n) is 12.2. The van der Waals surface area contributed by atoms with E-state index in [1.54, 1.807) is 6.92 Å². The first kappa shape index (κ1) is 24.0. The van der Waals surface area contributed by atoms with Crippen LogP contribution < -0.4 is 0 Å². The second-order valence-corrected chi connectivity index (χ2v) is 10.5. The van der Waals surface area contributed by atoms with Crippen LogP contribution in [-0.2, 0) is 38.1 Å². The Morgan fingerprint density at radius 3 is 2.37 bits per heavy atom. The van der Waals surface area contributed by atoms with Crippen molar-refractivity contribution in [2.75, 3.05) is 19.8 Å². The predicted molar refractivity (Wildman–Crippen MR) is 124 cm³/mol. The number of hydrogen-bond donors (Lipinski definition) is 0. The third-order valence-electron chi connectivity index (χ3n) is 8.63. The van der Waals surface area contributed by atoms with Crippen LogP contribution in [0.3, 0.4) is 0 Å². The van der Waals surface area contributed by atoms with E-state index in [1.165, 1.54) is 36.0 Å². The summed E-state index contributed by atoms with van der Waals surface area (Å²) in [6.45, 7) is 6.77. The Labute approximate surface area is 204 Å². The van der Waals surface area contributed by atoms with E-state index in [2.05, 4.69) is 19.9 Å². The molecule has 0 aromatic heterocycles. The van der Waals surface area contributed by atoms with Crippen molar-refractivity contribution in [3.05, 3.63) is 47.6 Å². The number of epoxide rings is 1. The van der Waals surface area contributed by atoms with Crippen molar-refractivity contribution in [1.82, 2.24) is 0 Å². The molecule has 0 aromatic carbocycles. The number of cyclic esters (lactones) is 2. The van der Waals surface area contributed by atoms with Crippen LogP contribution in [-0.4, -0.2) is 61.6 Å². The largest absolute Gasteiger partial charge is 0.462 e. The van der Waals surface area contributed by atoms with Gasteiger partial charge in [0.25, 0.3) is 0 Å². The van der Waals surface area contributed by atoms with E-state index in [0.717, 1.165) is 18.4 Å². The lowest BCUT2D eigenvalue weighted by molar-refractivity contribution is -0.232. The Kier molecular flexibility index (Phi) is 6.00. The van der Waals surface area contributed by atoms with E-state index in [0.29, 0.717) is 19.4 Å². The van der Waals surface area contributed by atoms with Gasteiger partial charge in [0.05, 0.1) is 30.8 Å². The number of ether oxygens (including phenoxy) is 5. The van der Waals surface area contributed by atoms with Crippen LogP contribution in [0.2, 0.25) is 0 Å². The lowest BCUT2D eigenvalue weighted by atomic mass is 9.51. The molecule has 0 amide bonds. The Morgan fingerprint density at radius 2 is 1.63 bits per heavy atom. The van der Waals surface area contributed by atoms with Crippen LogP contribution in [0.5, 0.6) is 0 Å². The molecule has 5 aliphatic rings. The molecule has 3 fully saturated rings. The maximum atomic E-state index is 12.8. The molecule has 2 saturated heterocycles. The molecule has 0 aromatic rings. The van der Waals surface area contributed by atoms with E-state index in [4.69, 9.17) is 23.7 Å². The molecular formula is C27H32O8. The Morgan fingerprint density at radius 1 is 0.886 bits per heavy atom. The quantitative estimate of drug-likeness (QED) is 0.224. The number of carbonyl (C=O) groups excluding carboxylic acids is 3. The SMILES string of the molecule is CC1=CC(=O)OC[C@]23CCC(C)=C[C@H]2O[C@@H]2C[C@@H](OC(=O)C=CC=CC(=O)OCC1)[C@@]3(C)[C@]21CO1. The number of esters is 3. The van der Waals surface area contributed by atoms with Crippen LogP contribution in [0.25, 0.3) is 0 Å². The molecule has 3 aliphatic heterocycles. The highest BCUT2D eigenvalue weighted by Gasteiger charge is 2.83. The van der Waals surface area contributed by atoms with Gasteiger partial charge in [-0.1, -0.05) is 36.3 Å². The fraction of sp³-hybridized carbons (Fsp3) is 0.593. The van der Waals surface area contributed by atoms with E-state index >= 15 is 0 Å². The predicted octanol–water partition coefficient (Wildman–Crippen LogP) is 3.12. The molecule has 8 nitrogen and oxygen atoms in total. The average Bonchev–Trinajstić information content (AvgIpc) is 3.58. The van der Waals surface area contributed by atoms with Gasteiger partial charge in [0, 0.05) is 36.5 Å². The Hall–Kier alpha value is -2.71. The van der Waals surface area contributed by atoms with Crippen LogP contribution in [0.15, 0.2) is 47.6 Å². The van der Waals surface area contributed by atoms with E-state index in [9.17, 15) is 14.4 Å². The number of allylic oxidation sites excluding steroid dienone is 3. The number of hydrogen-bond acceptors (Lipinski definition) is 8. The Balaban J connectivity index is 1.53. The lowest BCUT2D eigenvalue weighted by Crippen LogP contribution is -2.66. The average molecular weight is 485 g/mol. The first-order valence-corrected chi connectivity index (χ1v) is 12.2. The highest BCUT2D eigenvalue weighted by Crippen LogP contribution is 2.72. The molecule has 188 valence electrons. The fourth-order valence-corrected chi connectivity index (χ4v) is 6.46. The smallest absolute Gasteiger partial charge is 0.331 e. The normalized spacial score (nSPS) is 41.6. The number of rotatable bonds is 0. The molecule has 0 unspecified atom stereocenters. The molecule has 3 heterocycles. The van der Waals surface area contributed by atoms with Gasteiger partial charge in [-0.05, 0) is 26.7 Å². The Bertz CT molecular complexity index is 1050. The molecule has 1 saturated carbocycles. The molecule has 5 rings (SSSR count). The van der Waals surface area contributed by atoms with Gasteiger partial charge in [0.1, 0.15) is 18.3 Å². The minimum Gasteiger partial charge on any atom is -0.462 e. The summed E-state index contributed by atoms with van der Waals surface area (Å²) in [7, 11) is 0. The molecule has 2 aliphatic carbocycles. The van der Waals surface area contributed by atoms with Crippen molar-refractivity contribution in [3.8, 4) is 0 Å². The molecule has 2 spiro atoms. The minimum atomic E-state index is -0.613. The third kappa shape index (κ3) is 3.87. The van der Waals surface area contributed by atoms with E-state index < -0.39 is 40.4 Å². The van der Waals surface area contributed by atoms with E-state index in [-0.39, 0.29) is 25.4 Å². The van der Waals surface area contributed by atoms with Gasteiger partial charge in [-0.3, -0.25) is 0 Å². The summed E-state index contributed by atoms with van der Waals surface area (Å²) in [4.78, 5) is 37.4. The van der Waals surface area contributed by atoms with Gasteiger partial charge in [-0.25, -0.2) is 14.4 Å². The summed E-state index contributed by atoms with van der Waals surface area (Å²) >= 11 is 0. The first-order chi connectivity index (χ1) is 16.7. The molecule has 0 N–H and O–H groups in total. The maximum Gasteiger partial charge on any atom is 0.331 e. The zero-order chi connectivity index (χ0) is 24.8. The standard InChI is InChI=1S/C27H32O8/c1-17-8-10-26-15-32-24(30)13-18(2)9-11-31-22(28)6-4-5-7-23(29)35-19-14-21(34-20(26)12-17)27(16-33-27)25(19,26)3/h4-7,12-13,19-21H,8-11,14-16H2,1-3H3/t19-,20-,21-,25-,26-,27+/m1/s1. The van der Waals surface area contributed by atoms with Crippen molar-refractivity contribution in [3.63, 3.8) is 0 Å². The van der Waals surface area contributed by atoms with Gasteiger partial charge in [0.2, 0.25) is 0 Å². The molecule has 0 radical (unpaired) electrons. The summed E-state index contributed by atoms with van der Waals surface area (Å²) in [5.74, 6) is -1.50. The third-order valence-corrected chi connectivity index (χ3v) is 8.63. The zero-order valence-electron chi connectivity index (χ0n) is 20.4. The van der Waals surface area contributed by atoms with Gasteiger partial charge >= 0.3 is 17.9 Å².